The van der Waals surface area contributed by atoms with E-state index in [1.807, 2.05) is 6.07 Å². The molecule has 11 heteroatoms. The van der Waals surface area contributed by atoms with Gasteiger partial charge in [-0.2, -0.15) is 0 Å². The van der Waals surface area contributed by atoms with Gasteiger partial charge in [0.2, 0.25) is 0 Å². The molecule has 3 amide bonds. The van der Waals surface area contributed by atoms with Crippen molar-refractivity contribution in [3.63, 3.8) is 0 Å². The molecule has 3 aromatic rings. The smallest absolute Gasteiger partial charge is 0.335 e. The fourth-order valence-electron chi connectivity index (χ4n) is 3.42. The quantitative estimate of drug-likeness (QED) is 0.219. The van der Waals surface area contributed by atoms with E-state index in [0.717, 1.165) is 4.90 Å². The topological polar surface area (TPSA) is 125 Å². The number of hydrogen-bond donors (Lipinski definition) is 3. The molecule has 1 aliphatic rings. The van der Waals surface area contributed by atoms with Crippen LogP contribution in [-0.2, 0) is 14.4 Å². The molecule has 1 heterocycles. The minimum Gasteiger partial charge on any atom is -0.483 e. The summed E-state index contributed by atoms with van der Waals surface area (Å²) in [5.74, 6) is -2.50. The summed E-state index contributed by atoms with van der Waals surface area (Å²) in [5.41, 5.74) is 1.12. The maximum atomic E-state index is 13.2. The van der Waals surface area contributed by atoms with Crippen LogP contribution in [0.5, 0.6) is 5.75 Å². The summed E-state index contributed by atoms with van der Waals surface area (Å²) in [7, 11) is 0. The average molecular weight is 580 g/mol. The highest BCUT2D eigenvalue weighted by Gasteiger charge is 2.34. The zero-order chi connectivity index (χ0) is 26.5. The monoisotopic (exact) mass is 579 g/mol. The van der Waals surface area contributed by atoms with Gasteiger partial charge in [0.1, 0.15) is 11.3 Å². The van der Waals surface area contributed by atoms with Crippen LogP contribution in [0.1, 0.15) is 15.9 Å². The summed E-state index contributed by atoms with van der Waals surface area (Å²) < 4.78 is 6.08. The highest BCUT2D eigenvalue weighted by Crippen LogP contribution is 2.28. The van der Waals surface area contributed by atoms with Crippen LogP contribution in [0.25, 0.3) is 6.08 Å². The highest BCUT2D eigenvalue weighted by molar-refractivity contribution is 9.10. The van der Waals surface area contributed by atoms with Crippen molar-refractivity contribution in [2.75, 3.05) is 16.8 Å². The fourth-order valence-corrected chi connectivity index (χ4v) is 4.21. The van der Waals surface area contributed by atoms with E-state index in [1.54, 1.807) is 42.5 Å². The van der Waals surface area contributed by atoms with Gasteiger partial charge >= 0.3 is 5.97 Å². The molecular formula is C26H18BrN3O6S. The van der Waals surface area contributed by atoms with E-state index in [0.29, 0.717) is 21.5 Å². The number of amides is 3. The molecule has 3 N–H and O–H groups in total. The molecule has 1 saturated heterocycles. The number of nitrogens with one attached hydrogen (secondary N) is 2. The number of carboxylic acid groups (broad SMARTS) is 1. The van der Waals surface area contributed by atoms with Gasteiger partial charge in [0.25, 0.3) is 17.7 Å². The molecule has 186 valence electrons. The Kier molecular flexibility index (Phi) is 7.75. The van der Waals surface area contributed by atoms with Crippen molar-refractivity contribution in [3.05, 3.63) is 94.0 Å². The minimum atomic E-state index is -1.17. The van der Waals surface area contributed by atoms with E-state index in [2.05, 4.69) is 26.6 Å². The summed E-state index contributed by atoms with van der Waals surface area (Å²) in [6.45, 7) is -0.226. The summed E-state index contributed by atoms with van der Waals surface area (Å²) >= 11 is 8.54. The molecule has 4 rings (SSSR count). The molecule has 9 nitrogen and oxygen atoms in total. The SMILES string of the molecule is O=C(COc1ccc(C=C2C(=O)NC(=S)N(c3cccc(C(=O)O)c3)C2=O)cc1Br)Nc1ccccc1. The van der Waals surface area contributed by atoms with Crippen LogP contribution in [0.2, 0.25) is 0 Å². The molecule has 1 fully saturated rings. The number of rotatable bonds is 7. The van der Waals surface area contributed by atoms with Crippen molar-refractivity contribution in [1.29, 1.82) is 0 Å². The van der Waals surface area contributed by atoms with Crippen molar-refractivity contribution >= 4 is 74.4 Å². The molecule has 37 heavy (non-hydrogen) atoms. The average Bonchev–Trinajstić information content (AvgIpc) is 2.86. The lowest BCUT2D eigenvalue weighted by Gasteiger charge is -2.29. The first-order valence-corrected chi connectivity index (χ1v) is 11.9. The lowest BCUT2D eigenvalue weighted by Crippen LogP contribution is -2.54. The Labute approximate surface area is 224 Å². The molecule has 1 aliphatic heterocycles. The second-order valence-electron chi connectivity index (χ2n) is 7.71. The van der Waals surface area contributed by atoms with E-state index >= 15 is 0 Å². The van der Waals surface area contributed by atoms with Gasteiger partial charge in [-0.05, 0) is 82.3 Å². The van der Waals surface area contributed by atoms with E-state index in [1.165, 1.54) is 30.3 Å². The molecule has 0 atom stereocenters. The number of carbonyl (C=O) groups is 4. The number of carboxylic acids is 1. The first kappa shape index (κ1) is 25.7. The third-order valence-electron chi connectivity index (χ3n) is 5.14. The molecule has 0 radical (unpaired) electrons. The number of para-hydroxylation sites is 1. The third kappa shape index (κ3) is 6.08. The van der Waals surface area contributed by atoms with Gasteiger partial charge < -0.3 is 15.2 Å². The van der Waals surface area contributed by atoms with E-state index in [-0.39, 0.29) is 34.5 Å². The minimum absolute atomic E-state index is 0.0347. The number of carbonyl (C=O) groups excluding carboxylic acids is 3. The predicted octanol–water partition coefficient (Wildman–Crippen LogP) is 4.00. The van der Waals surface area contributed by atoms with Gasteiger partial charge in [0.15, 0.2) is 11.7 Å². The fraction of sp³-hybridized carbons (Fsp3) is 0.0385. The first-order valence-electron chi connectivity index (χ1n) is 10.7. The van der Waals surface area contributed by atoms with Crippen molar-refractivity contribution in [1.82, 2.24) is 5.32 Å². The Morgan fingerprint density at radius 1 is 1.05 bits per heavy atom. The van der Waals surface area contributed by atoms with Gasteiger partial charge in [-0.1, -0.05) is 30.3 Å². The molecule has 0 spiro atoms. The summed E-state index contributed by atoms with van der Waals surface area (Å²) in [5, 5.41) is 14.3. The van der Waals surface area contributed by atoms with Crippen molar-refractivity contribution in [2.45, 2.75) is 0 Å². The molecule has 0 bridgehead atoms. The number of aromatic carboxylic acids is 1. The van der Waals surface area contributed by atoms with Crippen molar-refractivity contribution < 1.29 is 29.0 Å². The number of anilines is 2. The van der Waals surface area contributed by atoms with E-state index in [9.17, 15) is 24.3 Å². The first-order chi connectivity index (χ1) is 17.7. The standard InChI is InChI=1S/C26H18BrN3O6S/c27-20-12-15(9-10-21(20)36-14-22(31)28-17-6-2-1-3-7-17)11-19-23(32)29-26(37)30(24(19)33)18-8-4-5-16(13-18)25(34)35/h1-13H,14H2,(H,28,31)(H,34,35)(H,29,32,37). The molecule has 0 saturated carbocycles. The zero-order valence-electron chi connectivity index (χ0n) is 18.9. The number of nitrogens with zero attached hydrogens (tertiary/aromatic N) is 1. The molecular weight excluding hydrogens is 562 g/mol. The van der Waals surface area contributed by atoms with Gasteiger partial charge in [-0.25, -0.2) is 4.79 Å². The second-order valence-corrected chi connectivity index (χ2v) is 8.95. The summed E-state index contributed by atoms with van der Waals surface area (Å²) in [6.07, 6.45) is 1.38. The van der Waals surface area contributed by atoms with Gasteiger partial charge in [-0.3, -0.25) is 24.6 Å². The lowest BCUT2D eigenvalue weighted by molar-refractivity contribution is -0.122. The van der Waals surface area contributed by atoms with Gasteiger partial charge in [0, 0.05) is 5.69 Å². The zero-order valence-corrected chi connectivity index (χ0v) is 21.3. The number of hydrogen-bond acceptors (Lipinski definition) is 6. The van der Waals surface area contributed by atoms with Gasteiger partial charge in [-0.15, -0.1) is 0 Å². The number of ether oxygens (including phenoxy) is 1. The molecule has 0 aromatic heterocycles. The van der Waals surface area contributed by atoms with Crippen LogP contribution in [0.15, 0.2) is 82.8 Å². The van der Waals surface area contributed by atoms with Crippen LogP contribution in [0.4, 0.5) is 11.4 Å². The number of halogens is 1. The Bertz CT molecular complexity index is 1460. The Morgan fingerprint density at radius 3 is 2.51 bits per heavy atom. The maximum Gasteiger partial charge on any atom is 0.335 e. The third-order valence-corrected chi connectivity index (χ3v) is 6.04. The number of benzene rings is 3. The Morgan fingerprint density at radius 2 is 1.81 bits per heavy atom. The number of thiocarbonyl (C=S) groups is 1. The predicted molar refractivity (Wildman–Crippen MR) is 144 cm³/mol. The van der Waals surface area contributed by atoms with E-state index in [4.69, 9.17) is 17.0 Å². The Hall–Kier alpha value is -4.35. The van der Waals surface area contributed by atoms with E-state index < -0.39 is 17.8 Å². The van der Waals surface area contributed by atoms with Crippen molar-refractivity contribution in [2.24, 2.45) is 0 Å². The molecule has 0 unspecified atom stereocenters. The van der Waals surface area contributed by atoms with Crippen LogP contribution < -0.4 is 20.3 Å². The maximum absolute atomic E-state index is 13.2. The van der Waals surface area contributed by atoms with Crippen LogP contribution in [0, 0.1) is 0 Å². The summed E-state index contributed by atoms with van der Waals surface area (Å²) in [4.78, 5) is 50.3. The highest BCUT2D eigenvalue weighted by atomic mass is 79.9. The second kappa shape index (κ2) is 11.1. The van der Waals surface area contributed by atoms with Crippen LogP contribution in [-0.4, -0.2) is 40.5 Å². The van der Waals surface area contributed by atoms with Gasteiger partial charge in [0.05, 0.1) is 15.7 Å². The molecule has 0 aliphatic carbocycles. The summed E-state index contributed by atoms with van der Waals surface area (Å²) in [6, 6.07) is 19.5. The lowest BCUT2D eigenvalue weighted by atomic mass is 10.1. The Balaban J connectivity index is 1.50. The largest absolute Gasteiger partial charge is 0.483 e. The normalized spacial score (nSPS) is 14.4. The van der Waals surface area contributed by atoms with Crippen LogP contribution in [0.3, 0.4) is 0 Å². The van der Waals surface area contributed by atoms with Crippen LogP contribution >= 0.6 is 28.1 Å². The van der Waals surface area contributed by atoms with Crippen molar-refractivity contribution in [3.8, 4) is 5.75 Å². The molecule has 3 aromatic carbocycles.